The molecule has 17 heavy (non-hydrogen) atoms. The van der Waals surface area contributed by atoms with Crippen LogP contribution >= 0.6 is 0 Å². The zero-order chi connectivity index (χ0) is 12.4. The second kappa shape index (κ2) is 4.41. The lowest BCUT2D eigenvalue weighted by molar-refractivity contribution is 0.373. The van der Waals surface area contributed by atoms with Crippen LogP contribution < -0.4 is 4.74 Å². The number of ether oxygens (including phenoxy) is 1. The summed E-state index contributed by atoms with van der Waals surface area (Å²) in [4.78, 5) is 0. The maximum Gasteiger partial charge on any atom is 0.160 e. The normalized spacial score (nSPS) is 10.3. The van der Waals surface area contributed by atoms with E-state index in [0.29, 0.717) is 11.3 Å². The van der Waals surface area contributed by atoms with Crippen LogP contribution in [0.15, 0.2) is 36.4 Å². The number of benzene rings is 2. The second-order valence-electron chi connectivity index (χ2n) is 3.51. The highest BCUT2D eigenvalue weighted by Crippen LogP contribution is 2.32. The van der Waals surface area contributed by atoms with Crippen LogP contribution in [0.2, 0.25) is 0 Å². The molecular weight excluding hydrogens is 226 g/mol. The highest BCUT2D eigenvalue weighted by atomic mass is 19.1. The van der Waals surface area contributed by atoms with Crippen molar-refractivity contribution in [3.05, 3.63) is 48.0 Å². The van der Waals surface area contributed by atoms with E-state index in [9.17, 15) is 13.9 Å². The average Bonchev–Trinajstić information content (AvgIpc) is 2.29. The first kappa shape index (κ1) is 11.4. The largest absolute Gasteiger partial charge is 0.504 e. The van der Waals surface area contributed by atoms with Gasteiger partial charge < -0.3 is 9.84 Å². The third kappa shape index (κ3) is 2.20. The van der Waals surface area contributed by atoms with E-state index >= 15 is 0 Å². The first-order valence-corrected chi connectivity index (χ1v) is 4.94. The van der Waals surface area contributed by atoms with Crippen LogP contribution in [0.1, 0.15) is 0 Å². The first-order valence-electron chi connectivity index (χ1n) is 4.94. The van der Waals surface area contributed by atoms with E-state index in [4.69, 9.17) is 4.74 Å². The molecule has 0 saturated heterocycles. The molecule has 2 aromatic rings. The number of phenols is 1. The van der Waals surface area contributed by atoms with Gasteiger partial charge in [0.15, 0.2) is 11.5 Å². The van der Waals surface area contributed by atoms with E-state index in [0.717, 1.165) is 6.07 Å². The molecule has 2 rings (SSSR count). The number of halogens is 2. The molecule has 0 fully saturated rings. The monoisotopic (exact) mass is 236 g/mol. The summed E-state index contributed by atoms with van der Waals surface area (Å²) >= 11 is 0. The Hall–Kier alpha value is -2.10. The predicted molar refractivity (Wildman–Crippen MR) is 60.0 cm³/mol. The summed E-state index contributed by atoms with van der Waals surface area (Å²) in [6.45, 7) is 0. The molecular formula is C13H10F2O2. The predicted octanol–water partition coefficient (Wildman–Crippen LogP) is 3.35. The lowest BCUT2D eigenvalue weighted by Crippen LogP contribution is -1.88. The van der Waals surface area contributed by atoms with Crippen molar-refractivity contribution in [1.82, 2.24) is 0 Å². The maximum atomic E-state index is 13.5. The zero-order valence-electron chi connectivity index (χ0n) is 9.08. The van der Waals surface area contributed by atoms with Crippen molar-refractivity contribution in [1.29, 1.82) is 0 Å². The van der Waals surface area contributed by atoms with Gasteiger partial charge in [-0.1, -0.05) is 6.07 Å². The van der Waals surface area contributed by atoms with Crippen molar-refractivity contribution >= 4 is 0 Å². The molecule has 0 unspecified atom stereocenters. The van der Waals surface area contributed by atoms with E-state index in [1.807, 2.05) is 0 Å². The molecule has 2 nitrogen and oxygen atoms in total. The number of methoxy groups -OCH3 is 1. The Labute approximate surface area is 97.1 Å². The molecule has 0 amide bonds. The fourth-order valence-electron chi connectivity index (χ4n) is 1.58. The summed E-state index contributed by atoms with van der Waals surface area (Å²) in [6.07, 6.45) is 0. The quantitative estimate of drug-likeness (QED) is 0.866. The Kier molecular flexibility index (Phi) is 2.95. The molecule has 0 aliphatic carbocycles. The lowest BCUT2D eigenvalue weighted by atomic mass is 10.0. The summed E-state index contributed by atoms with van der Waals surface area (Å²) in [5.41, 5.74) is 0.685. The van der Waals surface area contributed by atoms with E-state index in [1.165, 1.54) is 31.4 Å². The van der Waals surface area contributed by atoms with Crippen molar-refractivity contribution in [2.75, 3.05) is 7.11 Å². The van der Waals surface area contributed by atoms with Crippen molar-refractivity contribution in [3.63, 3.8) is 0 Å². The SMILES string of the molecule is COc1ccc(-c2ccc(F)cc2F)cc1O. The van der Waals surface area contributed by atoms with Gasteiger partial charge in [0, 0.05) is 11.6 Å². The van der Waals surface area contributed by atoms with Crippen LogP contribution in [0.25, 0.3) is 11.1 Å². The Morgan fingerprint density at radius 3 is 2.41 bits per heavy atom. The number of hydrogen-bond acceptors (Lipinski definition) is 2. The molecule has 0 spiro atoms. The van der Waals surface area contributed by atoms with E-state index in [1.54, 1.807) is 6.07 Å². The molecule has 0 aliphatic rings. The minimum Gasteiger partial charge on any atom is -0.504 e. The zero-order valence-corrected chi connectivity index (χ0v) is 9.08. The van der Waals surface area contributed by atoms with Crippen LogP contribution in [0.5, 0.6) is 11.5 Å². The summed E-state index contributed by atoms with van der Waals surface area (Å²) < 4.78 is 31.1. The van der Waals surface area contributed by atoms with Crippen LogP contribution in [0.4, 0.5) is 8.78 Å². The Morgan fingerprint density at radius 1 is 1.06 bits per heavy atom. The van der Waals surface area contributed by atoms with Gasteiger partial charge in [0.25, 0.3) is 0 Å². The fraction of sp³-hybridized carbons (Fsp3) is 0.0769. The minimum atomic E-state index is -0.672. The number of hydrogen-bond donors (Lipinski definition) is 1. The maximum absolute atomic E-state index is 13.5. The highest BCUT2D eigenvalue weighted by Gasteiger charge is 2.09. The summed E-state index contributed by atoms with van der Waals surface area (Å²) in [5.74, 6) is -1.09. The van der Waals surface area contributed by atoms with Gasteiger partial charge in [0.2, 0.25) is 0 Å². The van der Waals surface area contributed by atoms with E-state index < -0.39 is 11.6 Å². The van der Waals surface area contributed by atoms with Gasteiger partial charge in [0.1, 0.15) is 11.6 Å². The van der Waals surface area contributed by atoms with Crippen LogP contribution in [0, 0.1) is 11.6 Å². The molecule has 1 N–H and O–H groups in total. The van der Waals surface area contributed by atoms with Gasteiger partial charge in [0.05, 0.1) is 7.11 Å². The number of rotatable bonds is 2. The summed E-state index contributed by atoms with van der Waals surface area (Å²) in [5, 5.41) is 9.58. The van der Waals surface area contributed by atoms with Crippen LogP contribution in [-0.4, -0.2) is 12.2 Å². The fourth-order valence-corrected chi connectivity index (χ4v) is 1.58. The van der Waals surface area contributed by atoms with Crippen LogP contribution in [-0.2, 0) is 0 Å². The third-order valence-electron chi connectivity index (χ3n) is 2.42. The van der Waals surface area contributed by atoms with Gasteiger partial charge in [-0.15, -0.1) is 0 Å². The Bertz CT molecular complexity index is 553. The topological polar surface area (TPSA) is 29.5 Å². The molecule has 88 valence electrons. The van der Waals surface area contributed by atoms with Crippen molar-refractivity contribution in [2.45, 2.75) is 0 Å². The number of phenolic OH excluding ortho intramolecular Hbond substituents is 1. The standard InChI is InChI=1S/C13H10F2O2/c1-17-13-5-2-8(6-12(13)16)10-4-3-9(14)7-11(10)15/h2-7,16H,1H3. The average molecular weight is 236 g/mol. The second-order valence-corrected chi connectivity index (χ2v) is 3.51. The van der Waals surface area contributed by atoms with Crippen molar-refractivity contribution < 1.29 is 18.6 Å². The summed E-state index contributed by atoms with van der Waals surface area (Å²) in [7, 11) is 1.42. The first-order chi connectivity index (χ1) is 8.11. The molecule has 0 aromatic heterocycles. The Morgan fingerprint density at radius 2 is 1.82 bits per heavy atom. The van der Waals surface area contributed by atoms with Gasteiger partial charge >= 0.3 is 0 Å². The smallest absolute Gasteiger partial charge is 0.160 e. The molecule has 0 atom stereocenters. The molecule has 0 saturated carbocycles. The molecule has 0 radical (unpaired) electrons. The third-order valence-corrected chi connectivity index (χ3v) is 2.42. The van der Waals surface area contributed by atoms with Gasteiger partial charge in [-0.25, -0.2) is 8.78 Å². The van der Waals surface area contributed by atoms with Gasteiger partial charge in [-0.05, 0) is 29.8 Å². The van der Waals surface area contributed by atoms with Crippen LogP contribution in [0.3, 0.4) is 0 Å². The molecule has 2 aromatic carbocycles. The molecule has 0 aliphatic heterocycles. The number of aromatic hydroxyl groups is 1. The Balaban J connectivity index is 2.50. The molecule has 0 bridgehead atoms. The molecule has 0 heterocycles. The van der Waals surface area contributed by atoms with Gasteiger partial charge in [-0.2, -0.15) is 0 Å². The van der Waals surface area contributed by atoms with E-state index in [2.05, 4.69) is 0 Å². The lowest BCUT2D eigenvalue weighted by Gasteiger charge is -2.07. The van der Waals surface area contributed by atoms with Gasteiger partial charge in [-0.3, -0.25) is 0 Å². The summed E-state index contributed by atoms with van der Waals surface area (Å²) in [6, 6.07) is 7.78. The molecule has 4 heteroatoms. The van der Waals surface area contributed by atoms with Crippen molar-refractivity contribution in [2.24, 2.45) is 0 Å². The van der Waals surface area contributed by atoms with Crippen molar-refractivity contribution in [3.8, 4) is 22.6 Å². The van der Waals surface area contributed by atoms with E-state index in [-0.39, 0.29) is 11.3 Å². The highest BCUT2D eigenvalue weighted by molar-refractivity contribution is 5.67. The minimum absolute atomic E-state index is 0.0891.